The Bertz CT molecular complexity index is 1290. The first-order valence-electron chi connectivity index (χ1n) is 8.52. The van der Waals surface area contributed by atoms with Gasteiger partial charge in [-0.05, 0) is 19.1 Å². The van der Waals surface area contributed by atoms with Crippen molar-refractivity contribution in [3.05, 3.63) is 62.8 Å². The van der Waals surface area contributed by atoms with Crippen LogP contribution in [0.2, 0.25) is 0 Å². The lowest BCUT2D eigenvalue weighted by molar-refractivity contribution is 0.628. The number of rotatable bonds is 4. The molecule has 0 unspecified atom stereocenters. The molecule has 3 heterocycles. The summed E-state index contributed by atoms with van der Waals surface area (Å²) in [7, 11) is 3.04. The van der Waals surface area contributed by atoms with Gasteiger partial charge in [0, 0.05) is 39.1 Å². The van der Waals surface area contributed by atoms with Crippen LogP contribution in [0.4, 0.5) is 10.1 Å². The van der Waals surface area contributed by atoms with Crippen LogP contribution in [0.1, 0.15) is 5.69 Å². The maximum atomic E-state index is 13.7. The summed E-state index contributed by atoms with van der Waals surface area (Å²) >= 11 is 0. The van der Waals surface area contributed by atoms with Gasteiger partial charge in [-0.15, -0.1) is 0 Å². The quantitative estimate of drug-likeness (QED) is 0.586. The van der Waals surface area contributed by atoms with Gasteiger partial charge in [-0.25, -0.2) is 9.18 Å². The highest BCUT2D eigenvalue weighted by molar-refractivity contribution is 5.75. The molecule has 4 rings (SSSR count). The number of nitrogens with zero attached hydrogens (tertiary/aromatic N) is 5. The third-order valence-electron chi connectivity index (χ3n) is 4.78. The molecule has 0 amide bonds. The maximum Gasteiger partial charge on any atom is 0.332 e. The second-order valence-corrected chi connectivity index (χ2v) is 6.49. The van der Waals surface area contributed by atoms with Gasteiger partial charge in [0.2, 0.25) is 5.78 Å². The van der Waals surface area contributed by atoms with Gasteiger partial charge in [0.05, 0.1) is 5.69 Å². The molecule has 140 valence electrons. The number of nitrogens with one attached hydrogen (secondary N) is 1. The van der Waals surface area contributed by atoms with Gasteiger partial charge < -0.3 is 9.88 Å². The Morgan fingerprint density at radius 3 is 2.63 bits per heavy atom. The van der Waals surface area contributed by atoms with Crippen LogP contribution in [-0.4, -0.2) is 29.6 Å². The molecular weight excluding hydrogens is 351 g/mol. The van der Waals surface area contributed by atoms with Crippen molar-refractivity contribution < 1.29 is 4.39 Å². The molecule has 8 nitrogen and oxygen atoms in total. The number of aromatic nitrogens is 5. The first kappa shape index (κ1) is 17.1. The smallest absolute Gasteiger partial charge is 0.332 e. The van der Waals surface area contributed by atoms with E-state index in [1.165, 1.54) is 17.7 Å². The van der Waals surface area contributed by atoms with Gasteiger partial charge in [0.15, 0.2) is 11.2 Å². The zero-order valence-corrected chi connectivity index (χ0v) is 15.2. The van der Waals surface area contributed by atoms with Crippen molar-refractivity contribution in [2.24, 2.45) is 14.1 Å². The summed E-state index contributed by atoms with van der Waals surface area (Å²) in [4.78, 5) is 29.2. The molecular formula is C18H19FN6O2. The molecule has 0 aliphatic carbocycles. The number of para-hydroxylation sites is 1. The lowest BCUT2D eigenvalue weighted by Gasteiger charge is -2.09. The number of aryl methyl sites for hydroxylation is 2. The van der Waals surface area contributed by atoms with Gasteiger partial charge in [0.1, 0.15) is 5.82 Å². The second kappa shape index (κ2) is 6.11. The molecule has 0 atom stereocenters. The Morgan fingerprint density at radius 2 is 1.89 bits per heavy atom. The summed E-state index contributed by atoms with van der Waals surface area (Å²) in [5.74, 6) is 0.257. The van der Waals surface area contributed by atoms with Crippen molar-refractivity contribution >= 4 is 22.6 Å². The van der Waals surface area contributed by atoms with Crippen LogP contribution in [0, 0.1) is 12.7 Å². The van der Waals surface area contributed by atoms with Crippen LogP contribution < -0.4 is 16.6 Å². The van der Waals surface area contributed by atoms with Crippen LogP contribution in [-0.2, 0) is 20.6 Å². The lowest BCUT2D eigenvalue weighted by Crippen LogP contribution is -2.37. The van der Waals surface area contributed by atoms with Gasteiger partial charge in [-0.1, -0.05) is 12.1 Å². The summed E-state index contributed by atoms with van der Waals surface area (Å²) in [6, 6.07) is 6.49. The largest absolute Gasteiger partial charge is 0.381 e. The van der Waals surface area contributed by atoms with E-state index in [1.807, 2.05) is 17.7 Å². The topological polar surface area (TPSA) is 78.3 Å². The number of anilines is 1. The molecule has 0 radical (unpaired) electrons. The average molecular weight is 370 g/mol. The predicted octanol–water partition coefficient (Wildman–Crippen LogP) is 1.25. The average Bonchev–Trinajstić information content (AvgIpc) is 3.15. The molecule has 0 fully saturated rings. The Labute approximate surface area is 153 Å². The van der Waals surface area contributed by atoms with E-state index in [4.69, 9.17) is 0 Å². The van der Waals surface area contributed by atoms with E-state index < -0.39 is 5.69 Å². The van der Waals surface area contributed by atoms with Crippen LogP contribution in [0.3, 0.4) is 0 Å². The Morgan fingerprint density at radius 1 is 1.15 bits per heavy atom. The minimum atomic E-state index is -0.419. The molecule has 9 heteroatoms. The fourth-order valence-corrected chi connectivity index (χ4v) is 3.31. The van der Waals surface area contributed by atoms with E-state index in [0.29, 0.717) is 35.7 Å². The molecule has 27 heavy (non-hydrogen) atoms. The molecule has 0 aliphatic rings. The molecule has 0 aliphatic heterocycles. The SMILES string of the molecule is Cc1cn2c3c(=O)n(C)c(=O)n(C)c3nc2n1CCNc1ccccc1F. The van der Waals surface area contributed by atoms with E-state index in [9.17, 15) is 14.0 Å². The molecule has 0 saturated carbocycles. The van der Waals surface area contributed by atoms with Gasteiger partial charge in [-0.3, -0.25) is 18.3 Å². The first-order chi connectivity index (χ1) is 12.9. The minimum absolute atomic E-state index is 0.308. The van der Waals surface area contributed by atoms with Crippen molar-refractivity contribution in [2.75, 3.05) is 11.9 Å². The van der Waals surface area contributed by atoms with Crippen molar-refractivity contribution in [3.63, 3.8) is 0 Å². The highest BCUT2D eigenvalue weighted by atomic mass is 19.1. The summed E-state index contributed by atoms with van der Waals surface area (Å²) in [5, 5.41) is 3.06. The summed E-state index contributed by atoms with van der Waals surface area (Å²) in [6.45, 7) is 2.91. The predicted molar refractivity (Wildman–Crippen MR) is 101 cm³/mol. The van der Waals surface area contributed by atoms with Crippen LogP contribution in [0.5, 0.6) is 0 Å². The number of halogens is 1. The first-order valence-corrected chi connectivity index (χ1v) is 8.52. The van der Waals surface area contributed by atoms with Crippen molar-refractivity contribution in [2.45, 2.75) is 13.5 Å². The molecule has 4 aromatic rings. The number of fused-ring (bicyclic) bond motifs is 3. The number of benzene rings is 1. The van der Waals surface area contributed by atoms with Gasteiger partial charge in [0.25, 0.3) is 5.56 Å². The fraction of sp³-hybridized carbons (Fsp3) is 0.278. The highest BCUT2D eigenvalue weighted by Gasteiger charge is 2.18. The molecule has 0 bridgehead atoms. The second-order valence-electron chi connectivity index (χ2n) is 6.49. The zero-order chi connectivity index (χ0) is 19.3. The van der Waals surface area contributed by atoms with Crippen molar-refractivity contribution in [1.82, 2.24) is 23.1 Å². The zero-order valence-electron chi connectivity index (χ0n) is 15.2. The molecule has 0 spiro atoms. The third kappa shape index (κ3) is 2.54. The Hall–Kier alpha value is -3.36. The normalized spacial score (nSPS) is 11.6. The minimum Gasteiger partial charge on any atom is -0.381 e. The third-order valence-corrected chi connectivity index (χ3v) is 4.78. The molecule has 3 aromatic heterocycles. The summed E-state index contributed by atoms with van der Waals surface area (Å²) in [5.41, 5.74) is 1.24. The van der Waals surface area contributed by atoms with E-state index in [2.05, 4.69) is 10.3 Å². The van der Waals surface area contributed by atoms with Crippen molar-refractivity contribution in [3.8, 4) is 0 Å². The fourth-order valence-electron chi connectivity index (χ4n) is 3.31. The summed E-state index contributed by atoms with van der Waals surface area (Å²) in [6.07, 6.45) is 1.82. The van der Waals surface area contributed by atoms with Gasteiger partial charge >= 0.3 is 5.69 Å². The van der Waals surface area contributed by atoms with Gasteiger partial charge in [-0.2, -0.15) is 4.98 Å². The van der Waals surface area contributed by atoms with E-state index in [0.717, 1.165) is 10.3 Å². The van der Waals surface area contributed by atoms with E-state index in [-0.39, 0.29) is 11.4 Å². The van der Waals surface area contributed by atoms with E-state index in [1.54, 1.807) is 29.6 Å². The summed E-state index contributed by atoms with van der Waals surface area (Å²) < 4.78 is 19.8. The molecule has 0 saturated heterocycles. The Kier molecular flexibility index (Phi) is 3.87. The van der Waals surface area contributed by atoms with Crippen LogP contribution in [0.15, 0.2) is 40.1 Å². The van der Waals surface area contributed by atoms with Crippen LogP contribution >= 0.6 is 0 Å². The molecule has 1 aromatic carbocycles. The Balaban J connectivity index is 1.76. The van der Waals surface area contributed by atoms with Crippen LogP contribution in [0.25, 0.3) is 16.9 Å². The van der Waals surface area contributed by atoms with E-state index >= 15 is 0 Å². The number of hydrogen-bond donors (Lipinski definition) is 1. The van der Waals surface area contributed by atoms with Crippen molar-refractivity contribution in [1.29, 1.82) is 0 Å². The number of imidazole rings is 2. The molecule has 1 N–H and O–H groups in total. The lowest BCUT2D eigenvalue weighted by atomic mass is 10.3. The number of hydrogen-bond acceptors (Lipinski definition) is 4. The maximum absolute atomic E-state index is 13.7. The monoisotopic (exact) mass is 370 g/mol. The standard InChI is InChI=1S/C18H19FN6O2/c1-11-10-25-14-15(22(2)18(27)23(3)16(14)26)21-17(25)24(11)9-8-20-13-7-5-4-6-12(13)19/h4-7,10,20H,8-9H2,1-3H3. The highest BCUT2D eigenvalue weighted by Crippen LogP contribution is 2.17.